The van der Waals surface area contributed by atoms with Crippen molar-refractivity contribution in [1.29, 1.82) is 0 Å². The van der Waals surface area contributed by atoms with Gasteiger partial charge in [-0.05, 0) is 23.8 Å². The maximum Gasteiger partial charge on any atom is 0.234 e. The molecule has 3 heterocycles. The summed E-state index contributed by atoms with van der Waals surface area (Å²) in [6.07, 6.45) is 14.1. The summed E-state index contributed by atoms with van der Waals surface area (Å²) in [5, 5.41) is 5.78. The van der Waals surface area contributed by atoms with Crippen LogP contribution in [0.15, 0.2) is 54.2 Å². The number of rotatable bonds is 4. The number of nitrogens with zero attached hydrogens (tertiary/aromatic N) is 4. The molecule has 122 valence electrons. The van der Waals surface area contributed by atoms with Crippen molar-refractivity contribution < 1.29 is 0 Å². The van der Waals surface area contributed by atoms with E-state index in [4.69, 9.17) is 6.42 Å². The maximum absolute atomic E-state index is 5.28. The minimum absolute atomic E-state index is 0.576. The fourth-order valence-corrected chi connectivity index (χ4v) is 2.58. The van der Waals surface area contributed by atoms with E-state index in [0.717, 1.165) is 16.7 Å². The van der Waals surface area contributed by atoms with Gasteiger partial charge in [0.15, 0.2) is 0 Å². The molecule has 1 N–H and O–H groups in total. The van der Waals surface area contributed by atoms with E-state index in [1.54, 1.807) is 36.5 Å². The molecule has 0 fully saturated rings. The van der Waals surface area contributed by atoms with Crippen LogP contribution in [0.25, 0.3) is 16.9 Å². The molecule has 0 spiro atoms. The largest absolute Gasteiger partial charge is 0.307 e. The molecule has 0 aliphatic carbocycles. The highest BCUT2D eigenvalue weighted by molar-refractivity contribution is 8.02. The number of hydrogen-bond donors (Lipinski definition) is 1. The molecule has 0 radical (unpaired) electrons. The van der Waals surface area contributed by atoms with Gasteiger partial charge < -0.3 is 5.32 Å². The lowest BCUT2D eigenvalue weighted by Crippen LogP contribution is -2.02. The molecule has 0 bridgehead atoms. The van der Waals surface area contributed by atoms with Gasteiger partial charge in [-0.25, -0.2) is 9.97 Å². The monoisotopic (exact) mass is 345 g/mol. The Morgan fingerprint density at radius 3 is 2.92 bits per heavy atom. The van der Waals surface area contributed by atoms with Crippen molar-refractivity contribution in [2.45, 2.75) is 6.92 Å². The molecule has 0 amide bonds. The van der Waals surface area contributed by atoms with Gasteiger partial charge in [0.1, 0.15) is 5.70 Å². The number of aromatic nitrogens is 4. The zero-order valence-corrected chi connectivity index (χ0v) is 14.4. The second-order valence-corrected chi connectivity index (χ2v) is 6.04. The number of thioether (sulfide) groups is 1. The SMILES string of the molecule is C#CN/C(C#Cc1cnc(-n2ccc3ccncc32)nc1)=C\SCC. The van der Waals surface area contributed by atoms with Crippen LogP contribution in [0, 0.1) is 24.3 Å². The summed E-state index contributed by atoms with van der Waals surface area (Å²) in [7, 11) is 0. The molecule has 0 aliphatic heterocycles. The van der Waals surface area contributed by atoms with Crippen molar-refractivity contribution in [3.8, 4) is 30.3 Å². The fraction of sp³-hybridized carbons (Fsp3) is 0.105. The van der Waals surface area contributed by atoms with Crippen molar-refractivity contribution in [2.24, 2.45) is 0 Å². The van der Waals surface area contributed by atoms with Crippen LogP contribution in [-0.2, 0) is 0 Å². The Hall–Kier alpha value is -3.22. The van der Waals surface area contributed by atoms with E-state index in [-0.39, 0.29) is 0 Å². The quantitative estimate of drug-likeness (QED) is 0.582. The number of nitrogens with one attached hydrogen (secondary N) is 1. The Morgan fingerprint density at radius 1 is 1.32 bits per heavy atom. The van der Waals surface area contributed by atoms with Gasteiger partial charge >= 0.3 is 0 Å². The van der Waals surface area contributed by atoms with Crippen LogP contribution < -0.4 is 5.32 Å². The highest BCUT2D eigenvalue weighted by Crippen LogP contribution is 2.16. The highest BCUT2D eigenvalue weighted by Gasteiger charge is 2.05. The smallest absolute Gasteiger partial charge is 0.234 e. The summed E-state index contributed by atoms with van der Waals surface area (Å²) in [6.45, 7) is 2.06. The van der Waals surface area contributed by atoms with Gasteiger partial charge in [-0.3, -0.25) is 9.55 Å². The highest BCUT2D eigenvalue weighted by atomic mass is 32.2. The van der Waals surface area contributed by atoms with Gasteiger partial charge in [-0.15, -0.1) is 11.8 Å². The number of fused-ring (bicyclic) bond motifs is 1. The third kappa shape index (κ3) is 4.00. The van der Waals surface area contributed by atoms with E-state index in [9.17, 15) is 0 Å². The second kappa shape index (κ2) is 8.05. The van der Waals surface area contributed by atoms with Crippen LogP contribution in [0.2, 0.25) is 0 Å². The molecular formula is C19H15N5S. The molecule has 25 heavy (non-hydrogen) atoms. The summed E-state index contributed by atoms with van der Waals surface area (Å²) < 4.78 is 1.89. The normalized spacial score (nSPS) is 10.8. The summed E-state index contributed by atoms with van der Waals surface area (Å²) in [6, 6.07) is 6.34. The summed E-state index contributed by atoms with van der Waals surface area (Å²) in [5.74, 6) is 7.54. The van der Waals surface area contributed by atoms with Crippen molar-refractivity contribution in [2.75, 3.05) is 5.75 Å². The molecule has 5 nitrogen and oxygen atoms in total. The van der Waals surface area contributed by atoms with Gasteiger partial charge in [-0.2, -0.15) is 0 Å². The molecular weight excluding hydrogens is 330 g/mol. The van der Waals surface area contributed by atoms with Crippen molar-refractivity contribution >= 4 is 22.7 Å². The maximum atomic E-state index is 5.28. The Balaban J connectivity index is 1.84. The minimum Gasteiger partial charge on any atom is -0.307 e. The summed E-state index contributed by atoms with van der Waals surface area (Å²) >= 11 is 1.63. The third-order valence-corrected chi connectivity index (χ3v) is 4.00. The number of hydrogen-bond acceptors (Lipinski definition) is 5. The predicted molar refractivity (Wildman–Crippen MR) is 102 cm³/mol. The lowest BCUT2D eigenvalue weighted by molar-refractivity contribution is 0.956. The van der Waals surface area contributed by atoms with Gasteiger partial charge in [-0.1, -0.05) is 19.3 Å². The molecule has 3 rings (SSSR count). The minimum atomic E-state index is 0.576. The number of allylic oxidation sites excluding steroid dienone is 1. The van der Waals surface area contributed by atoms with Crippen LogP contribution in [0.3, 0.4) is 0 Å². The lowest BCUT2D eigenvalue weighted by Gasteiger charge is -2.02. The van der Waals surface area contributed by atoms with Crippen LogP contribution >= 0.6 is 11.8 Å². The molecule has 0 aromatic carbocycles. The average Bonchev–Trinajstić information content (AvgIpc) is 3.08. The first kappa shape index (κ1) is 16.6. The molecule has 3 aromatic heterocycles. The molecule has 0 saturated carbocycles. The van der Waals surface area contributed by atoms with Crippen molar-refractivity contribution in [3.05, 3.63) is 59.8 Å². The zero-order chi connectivity index (χ0) is 17.5. The molecule has 0 saturated heterocycles. The summed E-state index contributed by atoms with van der Waals surface area (Å²) in [4.78, 5) is 12.9. The first-order valence-electron chi connectivity index (χ1n) is 7.60. The number of terminal acetylenes is 1. The van der Waals surface area contributed by atoms with Crippen molar-refractivity contribution in [1.82, 2.24) is 24.8 Å². The third-order valence-electron chi connectivity index (χ3n) is 3.27. The predicted octanol–water partition coefficient (Wildman–Crippen LogP) is 2.94. The van der Waals surface area contributed by atoms with E-state index >= 15 is 0 Å². The Labute approximate surface area is 150 Å². The van der Waals surface area contributed by atoms with E-state index in [1.165, 1.54) is 0 Å². The second-order valence-electron chi connectivity index (χ2n) is 4.90. The van der Waals surface area contributed by atoms with Crippen molar-refractivity contribution in [3.63, 3.8) is 0 Å². The Kier molecular flexibility index (Phi) is 5.36. The Bertz CT molecular complexity index is 1000. The topological polar surface area (TPSA) is 55.6 Å². The average molecular weight is 345 g/mol. The first-order valence-corrected chi connectivity index (χ1v) is 8.65. The van der Waals surface area contributed by atoms with Gasteiger partial charge in [0.05, 0.1) is 17.3 Å². The molecule has 6 heteroatoms. The van der Waals surface area contributed by atoms with Crippen LogP contribution in [0.1, 0.15) is 12.5 Å². The first-order chi connectivity index (χ1) is 12.3. The van der Waals surface area contributed by atoms with Gasteiger partial charge in [0.25, 0.3) is 0 Å². The van der Waals surface area contributed by atoms with Crippen LogP contribution in [-0.4, -0.2) is 25.3 Å². The molecule has 0 unspecified atom stereocenters. The fourth-order valence-electron chi connectivity index (χ4n) is 2.13. The molecule has 0 aliphatic rings. The lowest BCUT2D eigenvalue weighted by atomic mass is 10.3. The molecule has 0 atom stereocenters. The standard InChI is InChI=1S/C19H15N5S/c1-3-21-17(14-25-4-2)6-5-15-11-22-19(23-12-15)24-10-8-16-7-9-20-13-18(16)24/h1,7-14,21H,4H2,2H3/b17-14-. The van der Waals surface area contributed by atoms with E-state index in [2.05, 4.69) is 45.1 Å². The van der Waals surface area contributed by atoms with Gasteiger partial charge in [0.2, 0.25) is 5.95 Å². The van der Waals surface area contributed by atoms with E-state index < -0.39 is 0 Å². The Morgan fingerprint density at radius 2 is 2.16 bits per heavy atom. The van der Waals surface area contributed by atoms with E-state index in [0.29, 0.717) is 17.2 Å². The summed E-state index contributed by atoms with van der Waals surface area (Å²) in [5.41, 5.74) is 2.35. The van der Waals surface area contributed by atoms with Gasteiger partial charge in [0, 0.05) is 41.6 Å². The van der Waals surface area contributed by atoms with E-state index in [1.807, 2.05) is 28.3 Å². The number of pyridine rings is 1. The van der Waals surface area contributed by atoms with Crippen LogP contribution in [0.5, 0.6) is 0 Å². The zero-order valence-electron chi connectivity index (χ0n) is 13.6. The molecule has 3 aromatic rings. The van der Waals surface area contributed by atoms with Crippen LogP contribution in [0.4, 0.5) is 0 Å².